The van der Waals surface area contributed by atoms with Crippen molar-refractivity contribution in [3.63, 3.8) is 0 Å². The Balaban J connectivity index is 0.00000225. The Bertz CT molecular complexity index is 1010. The first kappa shape index (κ1) is 19.6. The summed E-state index contributed by atoms with van der Waals surface area (Å²) in [6.07, 6.45) is 4.10. The van der Waals surface area contributed by atoms with Gasteiger partial charge in [0.15, 0.2) is 0 Å². The van der Waals surface area contributed by atoms with Crippen molar-refractivity contribution >= 4 is 18.3 Å². The smallest absolute Gasteiger partial charge is 0.250 e. The van der Waals surface area contributed by atoms with Crippen molar-refractivity contribution in [3.05, 3.63) is 89.3 Å². The maximum atomic E-state index is 13.2. The van der Waals surface area contributed by atoms with Crippen molar-refractivity contribution in [3.8, 4) is 6.07 Å². The van der Waals surface area contributed by atoms with Crippen LogP contribution in [0.1, 0.15) is 28.4 Å². The molecule has 7 heteroatoms. The molecule has 0 saturated heterocycles. The zero-order valence-electron chi connectivity index (χ0n) is 15.0. The highest BCUT2D eigenvalue weighted by Gasteiger charge is 2.33. The van der Waals surface area contributed by atoms with Crippen LogP contribution in [0.2, 0.25) is 0 Å². The molecule has 0 saturated carbocycles. The third kappa shape index (κ3) is 3.75. The highest BCUT2D eigenvalue weighted by atomic mass is 35.5. The van der Waals surface area contributed by atoms with Crippen LogP contribution in [0.4, 0.5) is 4.39 Å². The second-order valence-corrected chi connectivity index (χ2v) is 6.56. The molecule has 0 radical (unpaired) electrons. The lowest BCUT2D eigenvalue weighted by molar-refractivity contribution is -0.136. The fraction of sp³-hybridized carbons (Fsp3) is 0.190. The number of hydrogen-bond donors (Lipinski definition) is 0. The van der Waals surface area contributed by atoms with Gasteiger partial charge in [0, 0.05) is 12.7 Å². The molecule has 1 aromatic heterocycles. The minimum Gasteiger partial charge on any atom is -0.334 e. The summed E-state index contributed by atoms with van der Waals surface area (Å²) in [6.45, 7) is 1.04. The molecule has 0 N–H and O–H groups in total. The molecule has 1 amide bonds. The van der Waals surface area contributed by atoms with E-state index in [2.05, 4.69) is 11.1 Å². The zero-order chi connectivity index (χ0) is 18.8. The summed E-state index contributed by atoms with van der Waals surface area (Å²) in [7, 11) is 0. The molecule has 1 aliphatic rings. The van der Waals surface area contributed by atoms with E-state index in [-0.39, 0.29) is 24.1 Å². The monoisotopic (exact) mass is 396 g/mol. The Morgan fingerprint density at radius 1 is 1.14 bits per heavy atom. The topological polar surface area (TPSA) is 61.9 Å². The number of nitriles is 1. The van der Waals surface area contributed by atoms with Gasteiger partial charge in [-0.1, -0.05) is 24.3 Å². The Kier molecular flexibility index (Phi) is 5.76. The van der Waals surface area contributed by atoms with E-state index in [1.165, 1.54) is 12.1 Å². The lowest BCUT2D eigenvalue weighted by Crippen LogP contribution is -2.43. The number of carbonyl (C=O) groups is 1. The van der Waals surface area contributed by atoms with Gasteiger partial charge < -0.3 is 9.47 Å². The summed E-state index contributed by atoms with van der Waals surface area (Å²) in [6, 6.07) is 15.0. The number of fused-ring (bicyclic) bond motifs is 1. The van der Waals surface area contributed by atoms with Crippen LogP contribution in [0.25, 0.3) is 0 Å². The molecular formula is C21H18ClFN4O. The molecule has 1 unspecified atom stereocenters. The fourth-order valence-corrected chi connectivity index (χ4v) is 3.40. The minimum absolute atomic E-state index is 0. The molecule has 2 aromatic carbocycles. The number of hydrogen-bond acceptors (Lipinski definition) is 3. The van der Waals surface area contributed by atoms with Crippen molar-refractivity contribution < 1.29 is 9.18 Å². The van der Waals surface area contributed by atoms with E-state index in [1.54, 1.807) is 36.8 Å². The number of benzene rings is 2. The van der Waals surface area contributed by atoms with Crippen LogP contribution in [0.5, 0.6) is 0 Å². The molecule has 142 valence electrons. The Morgan fingerprint density at radius 3 is 2.54 bits per heavy atom. The first-order valence-electron chi connectivity index (χ1n) is 8.70. The number of aromatic nitrogens is 2. The van der Waals surface area contributed by atoms with E-state index >= 15 is 0 Å². The van der Waals surface area contributed by atoms with Crippen LogP contribution in [0.15, 0.2) is 61.1 Å². The fourth-order valence-electron chi connectivity index (χ4n) is 3.40. The number of amides is 1. The predicted octanol–water partition coefficient (Wildman–Crippen LogP) is 3.49. The SMILES string of the molecule is Cl.N#Cc1ccc(C2C(=O)N(CCc3ccc(F)cc3)Cc3cncn32)cc1. The van der Waals surface area contributed by atoms with Gasteiger partial charge in [-0.3, -0.25) is 4.79 Å². The van der Waals surface area contributed by atoms with Crippen LogP contribution in [-0.2, 0) is 17.8 Å². The molecule has 5 nitrogen and oxygen atoms in total. The molecule has 4 rings (SSSR count). The molecule has 1 atom stereocenters. The van der Waals surface area contributed by atoms with Crippen LogP contribution in [-0.4, -0.2) is 26.9 Å². The standard InChI is InChI=1S/C21H17FN4O.ClH/c22-18-7-3-15(4-8-18)9-10-25-13-19-12-24-14-26(19)20(21(25)27)17-5-1-16(11-23)2-6-17;/h1-8,12,14,20H,9-10,13H2;1H. The van der Waals surface area contributed by atoms with Crippen LogP contribution in [0, 0.1) is 17.1 Å². The molecule has 28 heavy (non-hydrogen) atoms. The summed E-state index contributed by atoms with van der Waals surface area (Å²) in [5, 5.41) is 8.99. The molecule has 1 aliphatic heterocycles. The summed E-state index contributed by atoms with van der Waals surface area (Å²) in [4.78, 5) is 19.2. The van der Waals surface area contributed by atoms with Crippen LogP contribution in [0.3, 0.4) is 0 Å². The lowest BCUT2D eigenvalue weighted by Gasteiger charge is -2.34. The molecule has 0 spiro atoms. The number of carbonyl (C=O) groups excluding carboxylic acids is 1. The highest BCUT2D eigenvalue weighted by molar-refractivity contribution is 5.85. The van der Waals surface area contributed by atoms with Gasteiger partial charge in [0.05, 0.1) is 30.2 Å². The summed E-state index contributed by atoms with van der Waals surface area (Å²) < 4.78 is 15.0. The second-order valence-electron chi connectivity index (χ2n) is 6.56. The van der Waals surface area contributed by atoms with E-state index in [1.807, 2.05) is 21.6 Å². The highest BCUT2D eigenvalue weighted by Crippen LogP contribution is 2.28. The summed E-state index contributed by atoms with van der Waals surface area (Å²) >= 11 is 0. The van der Waals surface area contributed by atoms with Gasteiger partial charge >= 0.3 is 0 Å². The maximum Gasteiger partial charge on any atom is 0.250 e. The number of imidazole rings is 1. The van der Waals surface area contributed by atoms with Crippen molar-refractivity contribution in [2.75, 3.05) is 6.54 Å². The first-order chi connectivity index (χ1) is 13.2. The van der Waals surface area contributed by atoms with Gasteiger partial charge in [-0.15, -0.1) is 12.4 Å². The zero-order valence-corrected chi connectivity index (χ0v) is 15.8. The Morgan fingerprint density at radius 2 is 1.86 bits per heavy atom. The molecular weight excluding hydrogens is 379 g/mol. The van der Waals surface area contributed by atoms with E-state index in [4.69, 9.17) is 5.26 Å². The van der Waals surface area contributed by atoms with Crippen LogP contribution >= 0.6 is 12.4 Å². The number of halogens is 2. The summed E-state index contributed by atoms with van der Waals surface area (Å²) in [5.74, 6) is -0.273. The van der Waals surface area contributed by atoms with Crippen LogP contribution < -0.4 is 0 Å². The van der Waals surface area contributed by atoms with Crippen molar-refractivity contribution in [2.45, 2.75) is 19.0 Å². The number of rotatable bonds is 4. The number of nitrogens with zero attached hydrogens (tertiary/aromatic N) is 4. The molecule has 0 bridgehead atoms. The predicted molar refractivity (Wildman–Crippen MR) is 104 cm³/mol. The van der Waals surface area contributed by atoms with Gasteiger partial charge in [0.25, 0.3) is 5.91 Å². The molecule has 2 heterocycles. The van der Waals surface area contributed by atoms with E-state index in [0.717, 1.165) is 16.8 Å². The molecule has 3 aromatic rings. The van der Waals surface area contributed by atoms with Crippen molar-refractivity contribution in [2.24, 2.45) is 0 Å². The average molecular weight is 397 g/mol. The Labute approximate surface area is 168 Å². The largest absolute Gasteiger partial charge is 0.334 e. The molecule has 0 aliphatic carbocycles. The van der Waals surface area contributed by atoms with E-state index < -0.39 is 6.04 Å². The average Bonchev–Trinajstić information content (AvgIpc) is 3.16. The lowest BCUT2D eigenvalue weighted by atomic mass is 10.0. The molecule has 0 fully saturated rings. The van der Waals surface area contributed by atoms with Gasteiger partial charge in [-0.25, -0.2) is 9.37 Å². The normalized spacial score (nSPS) is 15.5. The van der Waals surface area contributed by atoms with Gasteiger partial charge in [-0.05, 0) is 41.8 Å². The quantitative estimate of drug-likeness (QED) is 0.678. The first-order valence-corrected chi connectivity index (χ1v) is 8.70. The van der Waals surface area contributed by atoms with Gasteiger partial charge in [0.2, 0.25) is 0 Å². The van der Waals surface area contributed by atoms with Gasteiger partial charge in [0.1, 0.15) is 11.9 Å². The van der Waals surface area contributed by atoms with Gasteiger partial charge in [-0.2, -0.15) is 5.26 Å². The van der Waals surface area contributed by atoms with Crippen molar-refractivity contribution in [1.29, 1.82) is 5.26 Å². The Hall–Kier alpha value is -3.17. The summed E-state index contributed by atoms with van der Waals surface area (Å²) in [5.41, 5.74) is 3.33. The van der Waals surface area contributed by atoms with E-state index in [0.29, 0.717) is 25.1 Å². The minimum atomic E-state index is -0.489. The maximum absolute atomic E-state index is 13.2. The third-order valence-electron chi connectivity index (χ3n) is 4.86. The third-order valence-corrected chi connectivity index (χ3v) is 4.86. The second kappa shape index (κ2) is 8.24. The van der Waals surface area contributed by atoms with E-state index in [9.17, 15) is 9.18 Å². The van der Waals surface area contributed by atoms with Crippen molar-refractivity contribution in [1.82, 2.24) is 14.5 Å².